The van der Waals surface area contributed by atoms with Gasteiger partial charge in [-0.25, -0.2) is 0 Å². The van der Waals surface area contributed by atoms with Crippen LogP contribution in [-0.2, 0) is 0 Å². The molecule has 0 bridgehead atoms. The van der Waals surface area contributed by atoms with E-state index in [0.29, 0.717) is 0 Å². The van der Waals surface area contributed by atoms with Crippen LogP contribution in [0, 0.1) is 0 Å². The molecular weight excluding hydrogens is 221 g/mol. The summed E-state index contributed by atoms with van der Waals surface area (Å²) in [7, 11) is 0. The predicted octanol–water partition coefficient (Wildman–Crippen LogP) is 2.63. The van der Waals surface area contributed by atoms with E-state index in [-0.39, 0.29) is 5.75 Å². The lowest BCUT2D eigenvalue weighted by Crippen LogP contribution is -2.34. The summed E-state index contributed by atoms with van der Waals surface area (Å²) in [5.74, 6) is 0.272. The molecule has 1 N–H and O–H groups in total. The minimum atomic E-state index is -4.65. The number of rotatable bonds is 4. The molecule has 0 fully saturated rings. The SMILES string of the molecule is C=Cc1ccc(OCC(O)C(F)(F)F)cc1. The van der Waals surface area contributed by atoms with Crippen molar-refractivity contribution >= 4 is 6.08 Å². The molecule has 1 rings (SSSR count). The Hall–Kier alpha value is -1.49. The van der Waals surface area contributed by atoms with E-state index in [1.54, 1.807) is 18.2 Å². The van der Waals surface area contributed by atoms with E-state index in [9.17, 15) is 13.2 Å². The third kappa shape index (κ3) is 3.58. The molecule has 2 nitrogen and oxygen atoms in total. The Morgan fingerprint density at radius 2 is 1.88 bits per heavy atom. The van der Waals surface area contributed by atoms with Gasteiger partial charge in [0.05, 0.1) is 0 Å². The molecule has 0 heterocycles. The van der Waals surface area contributed by atoms with E-state index >= 15 is 0 Å². The number of hydrogen-bond acceptors (Lipinski definition) is 2. The lowest BCUT2D eigenvalue weighted by molar-refractivity contribution is -0.210. The van der Waals surface area contributed by atoms with Crippen molar-refractivity contribution in [2.24, 2.45) is 0 Å². The van der Waals surface area contributed by atoms with Crippen LogP contribution < -0.4 is 4.74 Å². The number of halogens is 3. The van der Waals surface area contributed by atoms with E-state index in [2.05, 4.69) is 6.58 Å². The Labute approximate surface area is 91.0 Å². The molecule has 0 saturated heterocycles. The highest BCUT2D eigenvalue weighted by atomic mass is 19.4. The summed E-state index contributed by atoms with van der Waals surface area (Å²) in [6.45, 7) is 2.73. The standard InChI is InChI=1S/C11H11F3O2/c1-2-8-3-5-9(6-4-8)16-7-10(15)11(12,13)14/h2-6,10,15H,1,7H2. The maximum absolute atomic E-state index is 11.9. The van der Waals surface area contributed by atoms with Gasteiger partial charge in [-0.2, -0.15) is 13.2 Å². The van der Waals surface area contributed by atoms with Crippen molar-refractivity contribution in [2.75, 3.05) is 6.61 Å². The Morgan fingerprint density at radius 3 is 2.31 bits per heavy atom. The van der Waals surface area contributed by atoms with Crippen molar-refractivity contribution in [1.82, 2.24) is 0 Å². The van der Waals surface area contributed by atoms with Crippen molar-refractivity contribution in [3.63, 3.8) is 0 Å². The summed E-state index contributed by atoms with van der Waals surface area (Å²) >= 11 is 0. The van der Waals surface area contributed by atoms with Crippen LogP contribution in [0.4, 0.5) is 13.2 Å². The van der Waals surface area contributed by atoms with Crippen molar-refractivity contribution < 1.29 is 23.0 Å². The summed E-state index contributed by atoms with van der Waals surface area (Å²) in [4.78, 5) is 0. The summed E-state index contributed by atoms with van der Waals surface area (Å²) in [5.41, 5.74) is 0.837. The summed E-state index contributed by atoms with van der Waals surface area (Å²) < 4.78 is 40.6. The monoisotopic (exact) mass is 232 g/mol. The molecular formula is C11H11F3O2. The number of aliphatic hydroxyl groups excluding tert-OH is 1. The van der Waals surface area contributed by atoms with Crippen LogP contribution in [0.1, 0.15) is 5.56 Å². The van der Waals surface area contributed by atoms with Crippen molar-refractivity contribution in [3.05, 3.63) is 36.4 Å². The molecule has 0 spiro atoms. The topological polar surface area (TPSA) is 29.5 Å². The van der Waals surface area contributed by atoms with Gasteiger partial charge in [0.1, 0.15) is 12.4 Å². The maximum Gasteiger partial charge on any atom is 0.417 e. The van der Waals surface area contributed by atoms with Crippen LogP contribution in [0.2, 0.25) is 0 Å². The van der Waals surface area contributed by atoms with Crippen molar-refractivity contribution in [2.45, 2.75) is 12.3 Å². The molecule has 0 aliphatic carbocycles. The van der Waals surface area contributed by atoms with E-state index in [4.69, 9.17) is 9.84 Å². The highest BCUT2D eigenvalue weighted by Crippen LogP contribution is 2.21. The second-order valence-electron chi connectivity index (χ2n) is 3.14. The molecule has 0 amide bonds. The Bertz CT molecular complexity index is 343. The Balaban J connectivity index is 2.51. The van der Waals surface area contributed by atoms with Crippen molar-refractivity contribution in [1.29, 1.82) is 0 Å². The average molecular weight is 232 g/mol. The van der Waals surface area contributed by atoms with Gasteiger partial charge in [0.2, 0.25) is 0 Å². The predicted molar refractivity (Wildman–Crippen MR) is 54.1 cm³/mol. The first-order valence-corrected chi connectivity index (χ1v) is 4.53. The number of benzene rings is 1. The molecule has 88 valence electrons. The number of alkyl halides is 3. The fraction of sp³-hybridized carbons (Fsp3) is 0.273. The lowest BCUT2D eigenvalue weighted by Gasteiger charge is -2.15. The molecule has 1 unspecified atom stereocenters. The van der Waals surface area contributed by atoms with E-state index < -0.39 is 18.9 Å². The quantitative estimate of drug-likeness (QED) is 0.864. The Morgan fingerprint density at radius 1 is 1.31 bits per heavy atom. The zero-order chi connectivity index (χ0) is 12.2. The minimum absolute atomic E-state index is 0.272. The number of aliphatic hydroxyl groups is 1. The second kappa shape index (κ2) is 5.03. The van der Waals surface area contributed by atoms with Crippen LogP contribution in [-0.4, -0.2) is 24.0 Å². The fourth-order valence-corrected chi connectivity index (χ4v) is 0.970. The third-order valence-electron chi connectivity index (χ3n) is 1.90. The molecule has 1 aromatic carbocycles. The lowest BCUT2D eigenvalue weighted by atomic mass is 10.2. The highest BCUT2D eigenvalue weighted by Gasteiger charge is 2.38. The smallest absolute Gasteiger partial charge is 0.417 e. The molecule has 16 heavy (non-hydrogen) atoms. The summed E-state index contributed by atoms with van der Waals surface area (Å²) in [6, 6.07) is 6.34. The molecule has 0 aromatic heterocycles. The van der Waals surface area contributed by atoms with Gasteiger partial charge in [-0.05, 0) is 17.7 Å². The molecule has 5 heteroatoms. The molecule has 1 atom stereocenters. The Kier molecular flexibility index (Phi) is 3.95. The van der Waals surface area contributed by atoms with Gasteiger partial charge in [0.25, 0.3) is 0 Å². The molecule has 1 aromatic rings. The van der Waals surface area contributed by atoms with Gasteiger partial charge in [-0.1, -0.05) is 24.8 Å². The minimum Gasteiger partial charge on any atom is -0.491 e. The zero-order valence-electron chi connectivity index (χ0n) is 8.37. The first-order valence-electron chi connectivity index (χ1n) is 4.53. The van der Waals surface area contributed by atoms with Gasteiger partial charge in [-0.15, -0.1) is 0 Å². The summed E-state index contributed by atoms with van der Waals surface area (Å²) in [5, 5.41) is 8.68. The van der Waals surface area contributed by atoms with Gasteiger partial charge in [0.15, 0.2) is 6.10 Å². The van der Waals surface area contributed by atoms with E-state index in [1.807, 2.05) is 0 Å². The van der Waals surface area contributed by atoms with Crippen LogP contribution in [0.3, 0.4) is 0 Å². The highest BCUT2D eigenvalue weighted by molar-refractivity contribution is 5.48. The van der Waals surface area contributed by atoms with Gasteiger partial charge in [-0.3, -0.25) is 0 Å². The van der Waals surface area contributed by atoms with Crippen LogP contribution in [0.5, 0.6) is 5.75 Å². The fourth-order valence-electron chi connectivity index (χ4n) is 0.970. The molecule has 0 aliphatic heterocycles. The first-order chi connectivity index (χ1) is 7.43. The maximum atomic E-state index is 11.9. The van der Waals surface area contributed by atoms with Gasteiger partial charge >= 0.3 is 6.18 Å². The van der Waals surface area contributed by atoms with E-state index in [1.165, 1.54) is 12.1 Å². The zero-order valence-corrected chi connectivity index (χ0v) is 8.37. The van der Waals surface area contributed by atoms with E-state index in [0.717, 1.165) is 5.56 Å². The molecule has 0 aliphatic rings. The van der Waals surface area contributed by atoms with Crippen LogP contribution in [0.15, 0.2) is 30.8 Å². The molecule has 0 saturated carbocycles. The number of ether oxygens (including phenoxy) is 1. The normalized spacial score (nSPS) is 13.2. The van der Waals surface area contributed by atoms with Crippen LogP contribution in [0.25, 0.3) is 6.08 Å². The third-order valence-corrected chi connectivity index (χ3v) is 1.90. The molecule has 0 radical (unpaired) electrons. The average Bonchev–Trinajstić information content (AvgIpc) is 2.25. The number of hydrogen-bond donors (Lipinski definition) is 1. The first kappa shape index (κ1) is 12.6. The van der Waals surface area contributed by atoms with Gasteiger partial charge in [0, 0.05) is 0 Å². The van der Waals surface area contributed by atoms with Crippen molar-refractivity contribution in [3.8, 4) is 5.75 Å². The summed E-state index contributed by atoms with van der Waals surface area (Å²) in [6.07, 6.45) is -5.51. The van der Waals surface area contributed by atoms with Crippen LogP contribution >= 0.6 is 0 Å². The van der Waals surface area contributed by atoms with Gasteiger partial charge < -0.3 is 9.84 Å². The largest absolute Gasteiger partial charge is 0.491 e. The second-order valence-corrected chi connectivity index (χ2v) is 3.14.